The molecule has 1 aliphatic rings. The van der Waals surface area contributed by atoms with Crippen LogP contribution in [0.25, 0.3) is 5.57 Å². The number of nitrogens with zero attached hydrogens (tertiary/aromatic N) is 2. The van der Waals surface area contributed by atoms with E-state index in [0.29, 0.717) is 5.92 Å². The molecule has 0 N–H and O–H groups in total. The Morgan fingerprint density at radius 2 is 1.83 bits per heavy atom. The molecule has 2 aromatic rings. The summed E-state index contributed by atoms with van der Waals surface area (Å²) in [6.07, 6.45) is 6.54. The van der Waals surface area contributed by atoms with Gasteiger partial charge >= 0.3 is 0 Å². The Bertz CT molecular complexity index is 938. The highest BCUT2D eigenvalue weighted by molar-refractivity contribution is 5.92. The first-order valence-electron chi connectivity index (χ1n) is 11.1. The van der Waals surface area contributed by atoms with Crippen molar-refractivity contribution in [3.05, 3.63) is 59.2 Å². The maximum Gasteiger partial charge on any atom is 0.129 e. The summed E-state index contributed by atoms with van der Waals surface area (Å²) in [5.41, 5.74) is 7.13. The molecule has 0 aliphatic carbocycles. The maximum absolute atomic E-state index is 5.76. The van der Waals surface area contributed by atoms with E-state index in [2.05, 4.69) is 88.9 Å². The maximum atomic E-state index is 5.76. The number of hydrogen-bond acceptors (Lipinski definition) is 3. The normalized spacial score (nSPS) is 16.4. The van der Waals surface area contributed by atoms with Gasteiger partial charge < -0.3 is 9.64 Å². The van der Waals surface area contributed by atoms with E-state index in [9.17, 15) is 0 Å². The van der Waals surface area contributed by atoms with Crippen LogP contribution in [0.1, 0.15) is 77.0 Å². The first-order chi connectivity index (χ1) is 14.3. The van der Waals surface area contributed by atoms with Crippen molar-refractivity contribution in [1.29, 1.82) is 0 Å². The molecule has 160 valence electrons. The van der Waals surface area contributed by atoms with Crippen molar-refractivity contribution in [1.82, 2.24) is 0 Å². The molecule has 0 radical (unpaired) electrons. The lowest BCUT2D eigenvalue weighted by Crippen LogP contribution is -2.45. The highest BCUT2D eigenvalue weighted by Gasteiger charge is 2.31. The third-order valence-electron chi connectivity index (χ3n) is 6.20. The van der Waals surface area contributed by atoms with Gasteiger partial charge in [-0.15, -0.1) is 0 Å². The Morgan fingerprint density at radius 1 is 1.13 bits per heavy atom. The van der Waals surface area contributed by atoms with E-state index in [1.54, 1.807) is 7.11 Å². The van der Waals surface area contributed by atoms with E-state index < -0.39 is 0 Å². The van der Waals surface area contributed by atoms with Crippen LogP contribution in [-0.4, -0.2) is 25.4 Å². The summed E-state index contributed by atoms with van der Waals surface area (Å²) in [5, 5.41) is 0. The van der Waals surface area contributed by atoms with Gasteiger partial charge in [0, 0.05) is 35.6 Å². The molecule has 0 spiro atoms. The zero-order valence-corrected chi connectivity index (χ0v) is 19.6. The summed E-state index contributed by atoms with van der Waals surface area (Å²) in [6.45, 7) is 14.5. The molecule has 2 aromatic carbocycles. The van der Waals surface area contributed by atoms with Crippen molar-refractivity contribution in [2.45, 2.75) is 65.8 Å². The Hall–Kier alpha value is -2.55. The summed E-state index contributed by atoms with van der Waals surface area (Å²) >= 11 is 0. The smallest absolute Gasteiger partial charge is 0.129 e. The predicted molar refractivity (Wildman–Crippen MR) is 131 cm³/mol. The largest absolute Gasteiger partial charge is 0.496 e. The SMILES string of the molecule is CCCN1c2cc(OC)c(C=Nc3ccc(C(C)CC)cc3)cc2C(C)=CC1(C)C. The zero-order chi connectivity index (χ0) is 21.9. The second kappa shape index (κ2) is 9.07. The van der Waals surface area contributed by atoms with Gasteiger partial charge in [0.1, 0.15) is 5.75 Å². The molecule has 0 aromatic heterocycles. The minimum atomic E-state index is -0.00885. The van der Waals surface area contributed by atoms with Crippen molar-refractivity contribution < 1.29 is 4.74 Å². The Balaban J connectivity index is 1.97. The fraction of sp³-hybridized carbons (Fsp3) is 0.444. The van der Waals surface area contributed by atoms with Gasteiger partial charge in [0.2, 0.25) is 0 Å². The van der Waals surface area contributed by atoms with Gasteiger partial charge in [-0.05, 0) is 68.9 Å². The molecular formula is C27H36N2O. The minimum absolute atomic E-state index is 0.00885. The average Bonchev–Trinajstić information content (AvgIpc) is 2.74. The molecule has 30 heavy (non-hydrogen) atoms. The molecule has 0 amide bonds. The van der Waals surface area contributed by atoms with E-state index >= 15 is 0 Å². The Morgan fingerprint density at radius 3 is 2.43 bits per heavy atom. The van der Waals surface area contributed by atoms with Gasteiger partial charge in [-0.3, -0.25) is 4.99 Å². The topological polar surface area (TPSA) is 24.8 Å². The average molecular weight is 405 g/mol. The monoisotopic (exact) mass is 404 g/mol. The molecular weight excluding hydrogens is 368 g/mol. The standard InChI is InChI=1S/C27H36N2O/c1-8-14-29-25-16-26(30-7)22(15-24(25)20(4)17-27(29,5)6)18-28-23-12-10-21(11-13-23)19(3)9-2/h10-13,15-19H,8-9,14H2,1-7H3. The first-order valence-corrected chi connectivity index (χ1v) is 11.1. The number of allylic oxidation sites excluding steroid dienone is 1. The number of fused-ring (bicyclic) bond motifs is 1. The molecule has 3 nitrogen and oxygen atoms in total. The quantitative estimate of drug-likeness (QED) is 0.450. The van der Waals surface area contributed by atoms with E-state index in [4.69, 9.17) is 9.73 Å². The zero-order valence-electron chi connectivity index (χ0n) is 19.6. The molecule has 1 aliphatic heterocycles. The lowest BCUT2D eigenvalue weighted by atomic mass is 9.87. The van der Waals surface area contributed by atoms with Gasteiger partial charge in [0.25, 0.3) is 0 Å². The predicted octanol–water partition coefficient (Wildman–Crippen LogP) is 7.37. The number of anilines is 1. The molecule has 1 atom stereocenters. The molecule has 3 heteroatoms. The first kappa shape index (κ1) is 22.1. The van der Waals surface area contributed by atoms with Gasteiger partial charge in [-0.1, -0.05) is 39.0 Å². The van der Waals surface area contributed by atoms with E-state index in [1.807, 2.05) is 6.21 Å². The van der Waals surface area contributed by atoms with Crippen LogP contribution in [0.5, 0.6) is 5.75 Å². The minimum Gasteiger partial charge on any atom is -0.496 e. The summed E-state index contributed by atoms with van der Waals surface area (Å²) < 4.78 is 5.76. The third kappa shape index (κ3) is 4.45. The van der Waals surface area contributed by atoms with Crippen molar-refractivity contribution >= 4 is 23.2 Å². The van der Waals surface area contributed by atoms with Crippen LogP contribution >= 0.6 is 0 Å². The molecule has 1 heterocycles. The summed E-state index contributed by atoms with van der Waals surface area (Å²) in [7, 11) is 1.74. The number of ether oxygens (including phenoxy) is 1. The number of rotatable bonds is 7. The molecule has 0 saturated carbocycles. The lowest BCUT2D eigenvalue weighted by molar-refractivity contribution is 0.413. The van der Waals surface area contributed by atoms with E-state index in [-0.39, 0.29) is 5.54 Å². The lowest BCUT2D eigenvalue weighted by Gasteiger charge is -2.43. The Labute approximate surface area is 182 Å². The molecule has 0 bridgehead atoms. The Kier molecular flexibility index (Phi) is 6.70. The summed E-state index contributed by atoms with van der Waals surface area (Å²) in [6, 6.07) is 13.0. The van der Waals surface area contributed by atoms with Crippen LogP contribution in [0.15, 0.2) is 47.5 Å². The van der Waals surface area contributed by atoms with Crippen LogP contribution in [0, 0.1) is 0 Å². The second-order valence-corrected chi connectivity index (χ2v) is 8.90. The molecule has 0 fully saturated rings. The van der Waals surface area contributed by atoms with Crippen LogP contribution in [0.4, 0.5) is 11.4 Å². The fourth-order valence-electron chi connectivity index (χ4n) is 4.30. The van der Waals surface area contributed by atoms with Crippen LogP contribution in [0.3, 0.4) is 0 Å². The molecule has 0 saturated heterocycles. The number of benzene rings is 2. The van der Waals surface area contributed by atoms with Crippen molar-refractivity contribution in [3.8, 4) is 5.75 Å². The van der Waals surface area contributed by atoms with E-state index in [0.717, 1.165) is 36.4 Å². The van der Waals surface area contributed by atoms with Crippen molar-refractivity contribution in [3.63, 3.8) is 0 Å². The van der Waals surface area contributed by atoms with Crippen molar-refractivity contribution in [2.75, 3.05) is 18.6 Å². The number of hydrogen-bond donors (Lipinski definition) is 0. The molecule has 1 unspecified atom stereocenters. The summed E-state index contributed by atoms with van der Waals surface area (Å²) in [5.74, 6) is 1.44. The van der Waals surface area contributed by atoms with E-state index in [1.165, 1.54) is 22.4 Å². The third-order valence-corrected chi connectivity index (χ3v) is 6.20. The van der Waals surface area contributed by atoms with Gasteiger partial charge in [-0.2, -0.15) is 0 Å². The van der Waals surface area contributed by atoms with Crippen LogP contribution in [0.2, 0.25) is 0 Å². The van der Waals surface area contributed by atoms with Crippen LogP contribution in [-0.2, 0) is 0 Å². The van der Waals surface area contributed by atoms with Gasteiger partial charge in [-0.25, -0.2) is 0 Å². The highest BCUT2D eigenvalue weighted by Crippen LogP contribution is 2.42. The van der Waals surface area contributed by atoms with Crippen molar-refractivity contribution in [2.24, 2.45) is 4.99 Å². The molecule has 3 rings (SSSR count). The van der Waals surface area contributed by atoms with Gasteiger partial charge in [0.05, 0.1) is 18.3 Å². The number of aliphatic imine (C=N–C) groups is 1. The second-order valence-electron chi connectivity index (χ2n) is 8.90. The fourth-order valence-corrected chi connectivity index (χ4v) is 4.30. The van der Waals surface area contributed by atoms with Crippen LogP contribution < -0.4 is 9.64 Å². The summed E-state index contributed by atoms with van der Waals surface area (Å²) in [4.78, 5) is 7.21. The van der Waals surface area contributed by atoms with Gasteiger partial charge in [0.15, 0.2) is 0 Å². The highest BCUT2D eigenvalue weighted by atomic mass is 16.5. The number of methoxy groups -OCH3 is 1.